The summed E-state index contributed by atoms with van der Waals surface area (Å²) in [4.78, 5) is 0. The van der Waals surface area contributed by atoms with Crippen molar-refractivity contribution in [3.05, 3.63) is 29.6 Å². The molecular formula is C16H22F3N. The van der Waals surface area contributed by atoms with E-state index in [1.165, 1.54) is 0 Å². The zero-order valence-corrected chi connectivity index (χ0v) is 12.3. The van der Waals surface area contributed by atoms with E-state index < -0.39 is 17.5 Å². The molecule has 0 aliphatic heterocycles. The SMILES string of the molecule is CC(C)(C)C1CCC(Nc2cc(F)c(F)c(F)c2)CC1. The van der Waals surface area contributed by atoms with Crippen LogP contribution >= 0.6 is 0 Å². The third-order valence-corrected chi connectivity index (χ3v) is 4.31. The van der Waals surface area contributed by atoms with E-state index in [4.69, 9.17) is 0 Å². The van der Waals surface area contributed by atoms with Gasteiger partial charge in [-0.3, -0.25) is 0 Å². The molecule has 0 aromatic heterocycles. The Balaban J connectivity index is 1.96. The third kappa shape index (κ3) is 3.47. The Morgan fingerprint density at radius 2 is 1.45 bits per heavy atom. The van der Waals surface area contributed by atoms with Gasteiger partial charge in [0.25, 0.3) is 0 Å². The first-order valence-corrected chi connectivity index (χ1v) is 7.18. The quantitative estimate of drug-likeness (QED) is 0.744. The Kier molecular flexibility index (Phi) is 4.31. The molecule has 1 saturated carbocycles. The Hall–Kier alpha value is -1.19. The van der Waals surface area contributed by atoms with Crippen molar-refractivity contribution in [3.8, 4) is 0 Å². The van der Waals surface area contributed by atoms with Crippen LogP contribution in [0, 0.1) is 28.8 Å². The van der Waals surface area contributed by atoms with Crippen molar-refractivity contribution < 1.29 is 13.2 Å². The number of hydrogen-bond donors (Lipinski definition) is 1. The molecule has 112 valence electrons. The summed E-state index contributed by atoms with van der Waals surface area (Å²) in [6, 6.07) is 2.25. The summed E-state index contributed by atoms with van der Waals surface area (Å²) < 4.78 is 39.2. The Morgan fingerprint density at radius 1 is 0.950 bits per heavy atom. The minimum atomic E-state index is -1.41. The molecule has 1 aromatic rings. The van der Waals surface area contributed by atoms with Crippen LogP contribution in [0.5, 0.6) is 0 Å². The van der Waals surface area contributed by atoms with Gasteiger partial charge in [-0.2, -0.15) is 0 Å². The van der Waals surface area contributed by atoms with E-state index in [0.29, 0.717) is 17.0 Å². The van der Waals surface area contributed by atoms with Gasteiger partial charge in [0.15, 0.2) is 17.5 Å². The molecule has 0 heterocycles. The highest BCUT2D eigenvalue weighted by atomic mass is 19.2. The fourth-order valence-corrected chi connectivity index (χ4v) is 2.98. The molecule has 1 nitrogen and oxygen atoms in total. The van der Waals surface area contributed by atoms with Gasteiger partial charge in [-0.25, -0.2) is 13.2 Å². The lowest BCUT2D eigenvalue weighted by Crippen LogP contribution is -2.31. The number of hydrogen-bond acceptors (Lipinski definition) is 1. The molecular weight excluding hydrogens is 263 g/mol. The molecule has 0 unspecified atom stereocenters. The van der Waals surface area contributed by atoms with Crippen LogP contribution in [0.1, 0.15) is 46.5 Å². The molecule has 0 spiro atoms. The molecule has 0 atom stereocenters. The summed E-state index contributed by atoms with van der Waals surface area (Å²) in [5.41, 5.74) is 0.625. The van der Waals surface area contributed by atoms with Crippen LogP contribution in [-0.4, -0.2) is 6.04 Å². The first-order valence-electron chi connectivity index (χ1n) is 7.18. The third-order valence-electron chi connectivity index (χ3n) is 4.31. The largest absolute Gasteiger partial charge is 0.382 e. The van der Waals surface area contributed by atoms with Gasteiger partial charge in [0.1, 0.15) is 0 Å². The van der Waals surface area contributed by atoms with Gasteiger partial charge in [-0.05, 0) is 37.0 Å². The molecule has 20 heavy (non-hydrogen) atoms. The zero-order chi connectivity index (χ0) is 14.9. The van der Waals surface area contributed by atoms with Gasteiger partial charge in [0.05, 0.1) is 0 Å². The van der Waals surface area contributed by atoms with Crippen LogP contribution in [0.15, 0.2) is 12.1 Å². The van der Waals surface area contributed by atoms with Crippen LogP contribution < -0.4 is 5.32 Å². The van der Waals surface area contributed by atoms with Crippen molar-refractivity contribution in [2.75, 3.05) is 5.32 Å². The summed E-state index contributed by atoms with van der Waals surface area (Å²) in [6.45, 7) is 6.74. The minimum absolute atomic E-state index is 0.206. The summed E-state index contributed by atoms with van der Waals surface area (Å²) in [6.07, 6.45) is 4.16. The lowest BCUT2D eigenvalue weighted by atomic mass is 9.71. The van der Waals surface area contributed by atoms with Crippen LogP contribution in [0.4, 0.5) is 18.9 Å². The Morgan fingerprint density at radius 3 is 1.90 bits per heavy atom. The number of anilines is 1. The molecule has 1 aliphatic rings. The molecule has 0 radical (unpaired) electrons. The molecule has 0 saturated heterocycles. The first-order chi connectivity index (χ1) is 9.27. The number of halogens is 3. The molecule has 4 heteroatoms. The Labute approximate surface area is 118 Å². The van der Waals surface area contributed by atoms with Crippen LogP contribution in [-0.2, 0) is 0 Å². The number of nitrogens with one attached hydrogen (secondary N) is 1. The lowest BCUT2D eigenvalue weighted by Gasteiger charge is -2.37. The smallest absolute Gasteiger partial charge is 0.194 e. The number of rotatable bonds is 2. The summed E-state index contributed by atoms with van der Waals surface area (Å²) in [7, 11) is 0. The maximum Gasteiger partial charge on any atom is 0.194 e. The van der Waals surface area contributed by atoms with E-state index in [2.05, 4.69) is 26.1 Å². The van der Waals surface area contributed by atoms with Crippen molar-refractivity contribution in [1.29, 1.82) is 0 Å². The fourth-order valence-electron chi connectivity index (χ4n) is 2.98. The van der Waals surface area contributed by atoms with E-state index in [1.54, 1.807) is 0 Å². The van der Waals surface area contributed by atoms with E-state index in [0.717, 1.165) is 37.8 Å². The maximum absolute atomic E-state index is 13.2. The molecule has 0 amide bonds. The Bertz CT molecular complexity index is 448. The van der Waals surface area contributed by atoms with Gasteiger partial charge in [-0.1, -0.05) is 20.8 Å². The standard InChI is InChI=1S/C16H22F3N/c1-16(2,3)10-4-6-11(7-5-10)20-12-8-13(17)15(19)14(18)9-12/h8-11,20H,4-7H2,1-3H3. The summed E-state index contributed by atoms with van der Waals surface area (Å²) >= 11 is 0. The normalized spacial score (nSPS) is 23.7. The van der Waals surface area contributed by atoms with Gasteiger partial charge in [0.2, 0.25) is 0 Å². The van der Waals surface area contributed by atoms with Crippen molar-refractivity contribution in [2.45, 2.75) is 52.5 Å². The second kappa shape index (κ2) is 5.66. The average Bonchev–Trinajstić information content (AvgIpc) is 2.35. The highest BCUT2D eigenvalue weighted by Gasteiger charge is 2.29. The summed E-state index contributed by atoms with van der Waals surface area (Å²) in [5, 5.41) is 3.12. The van der Waals surface area contributed by atoms with E-state index >= 15 is 0 Å². The highest BCUT2D eigenvalue weighted by molar-refractivity contribution is 5.45. The van der Waals surface area contributed by atoms with Crippen molar-refractivity contribution >= 4 is 5.69 Å². The van der Waals surface area contributed by atoms with Crippen LogP contribution in [0.2, 0.25) is 0 Å². The van der Waals surface area contributed by atoms with E-state index in [1.807, 2.05) is 0 Å². The van der Waals surface area contributed by atoms with Crippen LogP contribution in [0.25, 0.3) is 0 Å². The first kappa shape index (κ1) is 15.2. The summed E-state index contributed by atoms with van der Waals surface area (Å²) in [5.74, 6) is -3.01. The lowest BCUT2D eigenvalue weighted by molar-refractivity contribution is 0.173. The van der Waals surface area contributed by atoms with Gasteiger partial charge in [0, 0.05) is 23.9 Å². The molecule has 1 fully saturated rings. The molecule has 1 N–H and O–H groups in total. The molecule has 2 rings (SSSR count). The minimum Gasteiger partial charge on any atom is -0.382 e. The van der Waals surface area contributed by atoms with Gasteiger partial charge < -0.3 is 5.32 Å². The van der Waals surface area contributed by atoms with E-state index in [9.17, 15) is 13.2 Å². The zero-order valence-electron chi connectivity index (χ0n) is 12.3. The van der Waals surface area contributed by atoms with Crippen molar-refractivity contribution in [2.24, 2.45) is 11.3 Å². The second-order valence-corrected chi connectivity index (χ2v) is 6.81. The highest BCUT2D eigenvalue weighted by Crippen LogP contribution is 2.38. The predicted octanol–water partition coefficient (Wildman–Crippen LogP) is 5.12. The van der Waals surface area contributed by atoms with Crippen LogP contribution in [0.3, 0.4) is 0 Å². The van der Waals surface area contributed by atoms with E-state index in [-0.39, 0.29) is 6.04 Å². The van der Waals surface area contributed by atoms with Gasteiger partial charge in [-0.15, -0.1) is 0 Å². The average molecular weight is 285 g/mol. The van der Waals surface area contributed by atoms with Gasteiger partial charge >= 0.3 is 0 Å². The topological polar surface area (TPSA) is 12.0 Å². The maximum atomic E-state index is 13.2. The molecule has 1 aromatic carbocycles. The predicted molar refractivity (Wildman–Crippen MR) is 75.1 cm³/mol. The second-order valence-electron chi connectivity index (χ2n) is 6.81. The van der Waals surface area contributed by atoms with Crippen molar-refractivity contribution in [3.63, 3.8) is 0 Å². The number of benzene rings is 1. The monoisotopic (exact) mass is 285 g/mol. The fraction of sp³-hybridized carbons (Fsp3) is 0.625. The molecule has 1 aliphatic carbocycles. The molecule has 0 bridgehead atoms. The van der Waals surface area contributed by atoms with Crippen molar-refractivity contribution in [1.82, 2.24) is 0 Å².